The number of fused-ring (bicyclic) bond motifs is 4. The summed E-state index contributed by atoms with van der Waals surface area (Å²) in [7, 11) is 4.34. The Morgan fingerprint density at radius 3 is 1.59 bits per heavy atom. The molecule has 0 spiro atoms. The lowest BCUT2D eigenvalue weighted by Crippen LogP contribution is -2.55. The Morgan fingerprint density at radius 2 is 1.12 bits per heavy atom. The van der Waals surface area contributed by atoms with E-state index in [1.165, 1.54) is 71.6 Å². The molecule has 2 aliphatic carbocycles. The molecule has 4 saturated heterocycles. The number of benzene rings is 2. The van der Waals surface area contributed by atoms with Gasteiger partial charge >= 0.3 is 12.0 Å². The van der Waals surface area contributed by atoms with Gasteiger partial charge in [0, 0.05) is 107 Å². The van der Waals surface area contributed by atoms with E-state index >= 15 is 0 Å². The molecular weight excluding hydrogens is 1030 g/mol. The Hall–Kier alpha value is -6.33. The van der Waals surface area contributed by atoms with Crippen LogP contribution in [0.15, 0.2) is 73.8 Å². The van der Waals surface area contributed by atoms with E-state index in [1.807, 2.05) is 4.90 Å². The molecule has 1 amide bonds. The maximum atomic E-state index is 12.5. The molecule has 4 fully saturated rings. The third-order valence-electron chi connectivity index (χ3n) is 17.7. The molecule has 2 aromatic heterocycles. The molecule has 4 aromatic rings. The molecule has 0 N–H and O–H groups in total. The van der Waals surface area contributed by atoms with Crippen molar-refractivity contribution in [3.63, 3.8) is 0 Å². The molecule has 6 aliphatic heterocycles. The molecule has 6 atom stereocenters. The van der Waals surface area contributed by atoms with Gasteiger partial charge in [0.1, 0.15) is 24.8 Å². The summed E-state index contributed by atoms with van der Waals surface area (Å²) in [5.74, 6) is 8.13. The van der Waals surface area contributed by atoms with E-state index in [-0.39, 0.29) is 26.8 Å². The number of piperazine rings is 1. The maximum Gasteiger partial charge on any atom is 0.318 e. The van der Waals surface area contributed by atoms with Crippen molar-refractivity contribution in [1.29, 1.82) is 0 Å². The molecule has 432 valence electrons. The summed E-state index contributed by atoms with van der Waals surface area (Å²) in [5.41, 5.74) is 10.5. The molecule has 0 radical (unpaired) electrons. The average molecular weight is 1120 g/mol. The molecule has 16 heteroatoms. The molecular formula is C65H86ClN11O4. The highest BCUT2D eigenvalue weighted by Crippen LogP contribution is 2.44. The van der Waals surface area contributed by atoms with Crippen LogP contribution in [0.4, 0.5) is 11.6 Å². The predicted octanol–water partition coefficient (Wildman–Crippen LogP) is 9.58. The number of allylic oxidation sites excluding steroid dienone is 1. The maximum absolute atomic E-state index is 12.5. The van der Waals surface area contributed by atoms with Crippen LogP contribution in [0, 0.1) is 30.6 Å². The summed E-state index contributed by atoms with van der Waals surface area (Å²) >= 11 is 4.71. The number of carbonyl (C=O) groups is 2. The number of hydrogen-bond acceptors (Lipinski definition) is 14. The summed E-state index contributed by atoms with van der Waals surface area (Å²) in [5, 5.41) is -0.509. The fraction of sp³-hybridized carbons (Fsp3) is 0.538. The van der Waals surface area contributed by atoms with Gasteiger partial charge in [-0.1, -0.05) is 76.5 Å². The molecule has 0 bridgehead atoms. The first kappa shape index (κ1) is 60.8. The van der Waals surface area contributed by atoms with E-state index in [0.29, 0.717) is 81.4 Å². The summed E-state index contributed by atoms with van der Waals surface area (Å²) in [6, 6.07) is 20.4. The first-order valence-electron chi connectivity index (χ1n) is 28.7. The van der Waals surface area contributed by atoms with Crippen LogP contribution >= 0.6 is 11.6 Å². The van der Waals surface area contributed by atoms with E-state index in [4.69, 9.17) is 53.9 Å². The van der Waals surface area contributed by atoms with Gasteiger partial charge in [0.15, 0.2) is 0 Å². The van der Waals surface area contributed by atoms with Crippen LogP contribution in [-0.4, -0.2) is 147 Å². The molecule has 8 heterocycles. The highest BCUT2D eigenvalue weighted by Gasteiger charge is 2.39. The number of carbonyl (C=O) groups excluding carboxylic acids is 2. The second-order valence-corrected chi connectivity index (χ2v) is 23.0. The van der Waals surface area contributed by atoms with Gasteiger partial charge in [-0.2, -0.15) is 19.9 Å². The Morgan fingerprint density at radius 1 is 0.630 bits per heavy atom. The van der Waals surface area contributed by atoms with Gasteiger partial charge in [-0.15, -0.1) is 24.7 Å². The van der Waals surface area contributed by atoms with Crippen molar-refractivity contribution in [1.82, 2.24) is 44.4 Å². The summed E-state index contributed by atoms with van der Waals surface area (Å²) in [4.78, 5) is 58.5. The van der Waals surface area contributed by atoms with E-state index < -0.39 is 5.24 Å². The van der Waals surface area contributed by atoms with Gasteiger partial charge in [0.2, 0.25) is 11.1 Å². The number of ether oxygens (including phenoxy) is 2. The number of aryl methyl sites for hydroxylation is 2. The second-order valence-electron chi connectivity index (χ2n) is 22.6. The zero-order valence-corrected chi connectivity index (χ0v) is 47.2. The number of terminal acetylenes is 2. The van der Waals surface area contributed by atoms with Gasteiger partial charge in [0.25, 0.3) is 0 Å². The lowest BCUT2D eigenvalue weighted by atomic mass is 9.95. The molecule has 2 aromatic carbocycles. The van der Waals surface area contributed by atoms with E-state index in [2.05, 4.69) is 117 Å². The number of piperidine rings is 1. The highest BCUT2D eigenvalue weighted by molar-refractivity contribution is 6.66. The van der Waals surface area contributed by atoms with Crippen molar-refractivity contribution in [3.8, 4) is 36.7 Å². The number of halogens is 1. The fourth-order valence-electron chi connectivity index (χ4n) is 13.5. The van der Waals surface area contributed by atoms with E-state index in [0.717, 1.165) is 120 Å². The van der Waals surface area contributed by atoms with Crippen molar-refractivity contribution >= 4 is 34.4 Å². The van der Waals surface area contributed by atoms with Gasteiger partial charge in [-0.25, -0.2) is 0 Å². The lowest BCUT2D eigenvalue weighted by Gasteiger charge is -2.41. The number of likely N-dealkylation sites (tertiary alicyclic amines) is 2. The highest BCUT2D eigenvalue weighted by atomic mass is 35.5. The Labute approximate surface area is 488 Å². The third kappa shape index (κ3) is 14.0. The molecule has 81 heavy (non-hydrogen) atoms. The monoisotopic (exact) mass is 1120 g/mol. The first-order chi connectivity index (χ1) is 38.5. The van der Waals surface area contributed by atoms with Gasteiger partial charge in [0.05, 0.1) is 17.4 Å². The van der Waals surface area contributed by atoms with E-state index in [9.17, 15) is 9.59 Å². The van der Waals surface area contributed by atoms with Crippen molar-refractivity contribution in [2.24, 2.45) is 5.92 Å². The minimum absolute atomic E-state index is 0. The van der Waals surface area contributed by atoms with Crippen molar-refractivity contribution in [2.45, 2.75) is 148 Å². The van der Waals surface area contributed by atoms with Crippen LogP contribution in [0.5, 0.6) is 12.0 Å². The number of anilines is 2. The van der Waals surface area contributed by atoms with Gasteiger partial charge in [-0.3, -0.25) is 19.4 Å². The van der Waals surface area contributed by atoms with Crippen molar-refractivity contribution < 1.29 is 19.1 Å². The minimum Gasteiger partial charge on any atom is -0.462 e. The number of amides is 1. The molecule has 8 aliphatic rings. The Kier molecular flexibility index (Phi) is 21.1. The number of rotatable bonds is 14. The Balaban J connectivity index is 0.000000193. The van der Waals surface area contributed by atoms with Crippen LogP contribution in [0.25, 0.3) is 0 Å². The van der Waals surface area contributed by atoms with Crippen LogP contribution in [0.1, 0.15) is 136 Å². The Bertz CT molecular complexity index is 2940. The molecule has 0 saturated carbocycles. The zero-order valence-electron chi connectivity index (χ0n) is 46.4. The van der Waals surface area contributed by atoms with Crippen LogP contribution in [0.2, 0.25) is 0 Å². The number of likely N-dealkylation sites (N-methyl/N-ethyl adjacent to an activating group) is 2. The normalized spacial score (nSPS) is 23.8. The number of hydrogen-bond donors (Lipinski definition) is 0. The lowest BCUT2D eigenvalue weighted by molar-refractivity contribution is -0.128. The third-order valence-corrected chi connectivity index (χ3v) is 17.9. The SMILES string of the molecule is C.C.C#CC[C@@H]1CCCN(c2nc(OC[C@@H]3CCCN3C)nc3c2CN(C2CCc4ccccc42)C3)C1.C#CC[C@H]1CN(c2nc(OC[C@@H]3CCCN3C)nc3c2CN(C2CCc4ccccc42)C3)CCN1C(=O)C=C.C=CC(=O)Cl. The predicted molar refractivity (Wildman–Crippen MR) is 324 cm³/mol. The van der Waals surface area contributed by atoms with Crippen LogP contribution in [0.3, 0.4) is 0 Å². The quantitative estimate of drug-likeness (QED) is 0.0676. The van der Waals surface area contributed by atoms with Gasteiger partial charge < -0.3 is 34.0 Å². The first-order valence-corrected chi connectivity index (χ1v) is 29.1. The fourth-order valence-corrected chi connectivity index (χ4v) is 13.5. The molecule has 15 nitrogen and oxygen atoms in total. The van der Waals surface area contributed by atoms with Crippen molar-refractivity contribution in [2.75, 3.05) is 82.9 Å². The number of aromatic nitrogens is 4. The minimum atomic E-state index is -0.509. The second kappa shape index (κ2) is 28.1. The molecule has 12 rings (SSSR count). The number of nitrogens with zero attached hydrogens (tertiary/aromatic N) is 11. The summed E-state index contributed by atoms with van der Waals surface area (Å²) < 4.78 is 12.5. The van der Waals surface area contributed by atoms with Crippen molar-refractivity contribution in [3.05, 3.63) is 119 Å². The van der Waals surface area contributed by atoms with Gasteiger partial charge in [-0.05, 0) is 143 Å². The van der Waals surface area contributed by atoms with Crippen LogP contribution < -0.4 is 19.3 Å². The van der Waals surface area contributed by atoms with Crippen LogP contribution in [-0.2, 0) is 48.6 Å². The van der Waals surface area contributed by atoms with E-state index in [1.54, 1.807) is 0 Å². The summed E-state index contributed by atoms with van der Waals surface area (Å²) in [6.45, 7) is 17.5. The smallest absolute Gasteiger partial charge is 0.318 e. The molecule has 2 unspecified atom stereocenters. The average Bonchev–Trinajstić information content (AvgIpc) is 4.40. The summed E-state index contributed by atoms with van der Waals surface area (Å²) in [6.07, 6.45) is 26.8. The topological polar surface area (TPSA) is 127 Å². The standard InChI is InChI=1S/C31H38N6O2.C29H37N5O.C3H3ClO.2CH4/c1-4-9-23-18-35(16-17-37(23)29(38)5-2)30-26-19-36(28-14-13-22-10-6-7-12-25(22)28)20-27(26)32-31(33-30)39-21-24-11-8-15-34(24)3;1-3-8-21-9-6-16-33(17-21)28-25-18-34(27-14-13-22-10-4-5-12-24(22)27)19-26(25)30-29(31-28)35-20-23-11-7-15-32(23)2;1-2-3(4)5;;/h1,5-7,10,12,23-24,28H,2,8-9,11,13-21H2,3H3;1,4-5,10,12,21,23,27H,6-9,11,13-20H2,2H3;2H,1H2;2*1H4/t23-,24-,28?;21-,23+,27?;;;/m01.../s1. The largest absolute Gasteiger partial charge is 0.462 e. The zero-order chi connectivity index (χ0) is 55.0.